The fourth-order valence-electron chi connectivity index (χ4n) is 7.06. The number of hydrogen-bond donors (Lipinski definition) is 7. The number of aliphatic hydroxyl groups is 7. The Balaban J connectivity index is 1.87. The van der Waals surface area contributed by atoms with Crippen LogP contribution in [-0.2, 0) is 38.0 Å². The van der Waals surface area contributed by atoms with Crippen molar-refractivity contribution in [3.05, 3.63) is 72.9 Å². The van der Waals surface area contributed by atoms with E-state index in [2.05, 4.69) is 32.1 Å². The first-order valence-corrected chi connectivity index (χ1v) is 24.1. The van der Waals surface area contributed by atoms with Crippen LogP contribution < -0.4 is 0 Å². The van der Waals surface area contributed by atoms with E-state index in [-0.39, 0.29) is 19.4 Å². The van der Waals surface area contributed by atoms with Crippen molar-refractivity contribution in [1.29, 1.82) is 0 Å². The van der Waals surface area contributed by atoms with Crippen LogP contribution in [0.5, 0.6) is 0 Å². The predicted molar refractivity (Wildman–Crippen MR) is 247 cm³/mol. The van der Waals surface area contributed by atoms with Gasteiger partial charge in [-0.2, -0.15) is 0 Å². The fourth-order valence-corrected chi connectivity index (χ4v) is 7.06. The molecule has 0 aromatic carbocycles. The molecule has 11 atom stereocenters. The van der Waals surface area contributed by atoms with E-state index in [4.69, 9.17) is 28.4 Å². The second-order valence-corrected chi connectivity index (χ2v) is 16.7. The maximum Gasteiger partial charge on any atom is 0.306 e. The molecule has 65 heavy (non-hydrogen) atoms. The summed E-state index contributed by atoms with van der Waals surface area (Å²) in [6.07, 6.45) is 25.2. The lowest BCUT2D eigenvalue weighted by Crippen LogP contribution is -2.61. The standard InChI is InChI=1S/C50H82O15/c1-3-5-7-9-11-13-15-17-18-19-21-22-24-26-28-30-32-41(52)60-35-38(63-42(53)33-31-29-27-25-23-20-16-14-12-10-8-6-4-2)36-61-49-48(59)46(57)44(55)40(65-49)37-62-50-47(58)45(56)43(54)39(34-51)64-50/h6,8,10,12,14,16,18-20,23,25,27,38-40,43-51,54-59H,3-5,7,9,11,13,15,17,21-22,24,26,28-37H2,1-2H3/b8-6+,12-10+,16-14+,19-18+,23-20+,27-25+/t38?,39-,40-,43+,44+,45?,46?,47?,48?,49-,50-/m1/s1. The average molecular weight is 923 g/mol. The molecule has 15 nitrogen and oxygen atoms in total. The predicted octanol–water partition coefficient (Wildman–Crippen LogP) is 5.87. The first-order chi connectivity index (χ1) is 31.5. The Labute approximate surface area is 387 Å². The molecule has 5 unspecified atom stereocenters. The zero-order valence-electron chi connectivity index (χ0n) is 38.9. The highest BCUT2D eigenvalue weighted by Crippen LogP contribution is 2.26. The third-order valence-electron chi connectivity index (χ3n) is 11.0. The van der Waals surface area contributed by atoms with Crippen molar-refractivity contribution >= 4 is 11.9 Å². The molecule has 0 radical (unpaired) electrons. The number of allylic oxidation sites excluding steroid dienone is 12. The molecule has 372 valence electrons. The summed E-state index contributed by atoms with van der Waals surface area (Å²) >= 11 is 0. The van der Waals surface area contributed by atoms with Crippen molar-refractivity contribution in [2.75, 3.05) is 26.4 Å². The van der Waals surface area contributed by atoms with Crippen LogP contribution in [0.4, 0.5) is 0 Å². The third-order valence-corrected chi connectivity index (χ3v) is 11.0. The lowest BCUT2D eigenvalue weighted by Gasteiger charge is -2.42. The van der Waals surface area contributed by atoms with Crippen LogP contribution in [0.3, 0.4) is 0 Å². The minimum absolute atomic E-state index is 0.0638. The van der Waals surface area contributed by atoms with E-state index in [0.717, 1.165) is 44.9 Å². The number of carbonyl (C=O) groups is 2. The molecule has 0 spiro atoms. The quantitative estimate of drug-likeness (QED) is 0.0171. The van der Waals surface area contributed by atoms with E-state index in [1.54, 1.807) is 0 Å². The molecule has 7 N–H and O–H groups in total. The largest absolute Gasteiger partial charge is 0.462 e. The third kappa shape index (κ3) is 25.6. The first-order valence-electron chi connectivity index (χ1n) is 24.1. The molecule has 15 heteroatoms. The first kappa shape index (κ1) is 58.1. The van der Waals surface area contributed by atoms with Crippen molar-refractivity contribution in [2.24, 2.45) is 0 Å². The zero-order valence-corrected chi connectivity index (χ0v) is 38.9. The van der Waals surface area contributed by atoms with E-state index in [1.807, 2.05) is 54.7 Å². The van der Waals surface area contributed by atoms with Gasteiger partial charge in [0.2, 0.25) is 0 Å². The van der Waals surface area contributed by atoms with E-state index >= 15 is 0 Å². The molecule has 0 amide bonds. The molecule has 0 bridgehead atoms. The number of ether oxygens (including phenoxy) is 6. The van der Waals surface area contributed by atoms with Gasteiger partial charge < -0.3 is 64.2 Å². The molecule has 2 fully saturated rings. The number of carbonyl (C=O) groups excluding carboxylic acids is 2. The van der Waals surface area contributed by atoms with Gasteiger partial charge in [0.25, 0.3) is 0 Å². The normalized spacial score (nSPS) is 27.0. The summed E-state index contributed by atoms with van der Waals surface area (Å²) in [5.41, 5.74) is 0. The molecule has 2 aliphatic rings. The van der Waals surface area contributed by atoms with Crippen LogP contribution in [0.2, 0.25) is 0 Å². The molecule has 0 aromatic rings. The van der Waals surface area contributed by atoms with Gasteiger partial charge in [-0.05, 0) is 51.4 Å². The molecule has 2 heterocycles. The number of esters is 2. The topological polar surface area (TPSA) is 231 Å². The minimum atomic E-state index is -1.78. The van der Waals surface area contributed by atoms with E-state index in [9.17, 15) is 45.3 Å². The Morgan fingerprint density at radius 1 is 0.508 bits per heavy atom. The van der Waals surface area contributed by atoms with E-state index in [1.165, 1.54) is 44.9 Å². The van der Waals surface area contributed by atoms with Crippen LogP contribution in [0.25, 0.3) is 0 Å². The molecule has 0 aromatic heterocycles. The summed E-state index contributed by atoms with van der Waals surface area (Å²) in [6.45, 7) is 2.33. The highest BCUT2D eigenvalue weighted by molar-refractivity contribution is 5.70. The lowest BCUT2D eigenvalue weighted by molar-refractivity contribution is -0.332. The van der Waals surface area contributed by atoms with Gasteiger partial charge in [-0.15, -0.1) is 0 Å². The summed E-state index contributed by atoms with van der Waals surface area (Å²) < 4.78 is 33.4. The maximum atomic E-state index is 12.9. The molecule has 2 saturated heterocycles. The van der Waals surface area contributed by atoms with Crippen LogP contribution in [0.15, 0.2) is 72.9 Å². The van der Waals surface area contributed by atoms with E-state index in [0.29, 0.717) is 19.3 Å². The van der Waals surface area contributed by atoms with Gasteiger partial charge in [0, 0.05) is 12.8 Å². The summed E-state index contributed by atoms with van der Waals surface area (Å²) in [7, 11) is 0. The molecular weight excluding hydrogens is 841 g/mol. The van der Waals surface area contributed by atoms with Crippen molar-refractivity contribution < 1.29 is 73.8 Å². The number of aliphatic hydroxyl groups excluding tert-OH is 7. The Hall–Kier alpha value is -3.06. The van der Waals surface area contributed by atoms with Gasteiger partial charge in [0.05, 0.1) is 19.8 Å². The van der Waals surface area contributed by atoms with Crippen molar-refractivity contribution in [2.45, 2.75) is 203 Å². The van der Waals surface area contributed by atoms with Gasteiger partial charge >= 0.3 is 11.9 Å². The maximum absolute atomic E-state index is 12.9. The monoisotopic (exact) mass is 923 g/mol. The highest BCUT2D eigenvalue weighted by Gasteiger charge is 2.47. The number of rotatable bonds is 35. The van der Waals surface area contributed by atoms with Gasteiger partial charge in [0.1, 0.15) is 55.4 Å². The van der Waals surface area contributed by atoms with Crippen LogP contribution >= 0.6 is 0 Å². The Kier molecular flexibility index (Phi) is 33.0. The van der Waals surface area contributed by atoms with Gasteiger partial charge in [0.15, 0.2) is 18.7 Å². The summed E-state index contributed by atoms with van der Waals surface area (Å²) in [6, 6.07) is 0. The zero-order chi connectivity index (χ0) is 47.5. The van der Waals surface area contributed by atoms with Crippen LogP contribution in [0.1, 0.15) is 136 Å². The van der Waals surface area contributed by atoms with E-state index < -0.39 is 99.3 Å². The lowest BCUT2D eigenvalue weighted by atomic mass is 9.98. The van der Waals surface area contributed by atoms with Crippen molar-refractivity contribution in [3.63, 3.8) is 0 Å². The summed E-state index contributed by atoms with van der Waals surface area (Å²) in [4.78, 5) is 25.6. The molecule has 0 aliphatic carbocycles. The Morgan fingerprint density at radius 3 is 1.60 bits per heavy atom. The fraction of sp³-hybridized carbons (Fsp3) is 0.720. The molecular formula is C50H82O15. The molecule has 2 aliphatic heterocycles. The second kappa shape index (κ2) is 37.0. The second-order valence-electron chi connectivity index (χ2n) is 16.7. The molecule has 2 rings (SSSR count). The highest BCUT2D eigenvalue weighted by atomic mass is 16.7. The average Bonchev–Trinajstić information content (AvgIpc) is 3.30. The van der Waals surface area contributed by atoms with Crippen LogP contribution in [-0.4, -0.2) is 142 Å². The molecule has 0 saturated carbocycles. The summed E-state index contributed by atoms with van der Waals surface area (Å²) in [5, 5.41) is 71.9. The van der Waals surface area contributed by atoms with Gasteiger partial charge in [-0.1, -0.05) is 145 Å². The Bertz CT molecular complexity index is 1410. The van der Waals surface area contributed by atoms with Gasteiger partial charge in [-0.25, -0.2) is 0 Å². The van der Waals surface area contributed by atoms with Gasteiger partial charge in [-0.3, -0.25) is 9.59 Å². The van der Waals surface area contributed by atoms with Crippen molar-refractivity contribution in [1.82, 2.24) is 0 Å². The smallest absolute Gasteiger partial charge is 0.306 e. The number of hydrogen-bond acceptors (Lipinski definition) is 15. The summed E-state index contributed by atoms with van der Waals surface area (Å²) in [5.74, 6) is -1.03. The van der Waals surface area contributed by atoms with Crippen molar-refractivity contribution in [3.8, 4) is 0 Å². The minimum Gasteiger partial charge on any atom is -0.462 e. The van der Waals surface area contributed by atoms with Crippen LogP contribution in [0, 0.1) is 0 Å². The SMILES string of the molecule is CC/C=C/C=C/C=C/C=C/C=C/CCCC(=O)OC(COC(=O)CCCCCCC/C=C/CCCCCCCCC)CO[C@@H]1O[C@H](CO[C@@H]2O[C@H](CO)[C@H](O)C(O)C2O)[C@H](O)C(O)C1O. The number of unbranched alkanes of at least 4 members (excludes halogenated alkanes) is 13. The Morgan fingerprint density at radius 2 is 1.00 bits per heavy atom.